The maximum absolute atomic E-state index is 11.6. The summed E-state index contributed by atoms with van der Waals surface area (Å²) in [7, 11) is 2.06. The zero-order valence-electron chi connectivity index (χ0n) is 11.0. The van der Waals surface area contributed by atoms with Crippen LogP contribution in [0.4, 0.5) is 11.4 Å². The van der Waals surface area contributed by atoms with Crippen LogP contribution in [0.1, 0.15) is 36.5 Å². The smallest absolute Gasteiger partial charge is 0.338 e. The van der Waals surface area contributed by atoms with Crippen molar-refractivity contribution in [2.24, 2.45) is 0 Å². The van der Waals surface area contributed by atoms with Gasteiger partial charge in [-0.25, -0.2) is 4.79 Å². The van der Waals surface area contributed by atoms with Gasteiger partial charge < -0.3 is 15.4 Å². The zero-order valence-corrected chi connectivity index (χ0v) is 11.0. The molecule has 4 nitrogen and oxygen atoms in total. The number of esters is 1. The molecule has 0 atom stereocenters. The normalized spacial score (nSPS) is 15.0. The summed E-state index contributed by atoms with van der Waals surface area (Å²) in [5.41, 5.74) is 8.16. The second kappa shape index (κ2) is 5.29. The van der Waals surface area contributed by atoms with Crippen molar-refractivity contribution in [3.8, 4) is 0 Å². The van der Waals surface area contributed by atoms with E-state index in [1.54, 1.807) is 19.1 Å². The molecule has 98 valence electrons. The van der Waals surface area contributed by atoms with E-state index in [4.69, 9.17) is 10.5 Å². The fraction of sp³-hybridized carbons (Fsp3) is 0.500. The molecule has 1 aliphatic carbocycles. The first-order valence-electron chi connectivity index (χ1n) is 6.43. The van der Waals surface area contributed by atoms with E-state index in [-0.39, 0.29) is 5.97 Å². The van der Waals surface area contributed by atoms with E-state index in [2.05, 4.69) is 11.9 Å². The lowest BCUT2D eigenvalue weighted by atomic mass is 9.91. The van der Waals surface area contributed by atoms with E-state index in [9.17, 15) is 4.79 Å². The summed E-state index contributed by atoms with van der Waals surface area (Å²) >= 11 is 0. The Morgan fingerprint density at radius 1 is 1.50 bits per heavy atom. The molecule has 4 heteroatoms. The average Bonchev–Trinajstić information content (AvgIpc) is 2.26. The highest BCUT2D eigenvalue weighted by Gasteiger charge is 2.23. The molecule has 0 amide bonds. The predicted octanol–water partition coefficient (Wildman–Crippen LogP) is 2.43. The molecule has 0 aromatic heterocycles. The molecule has 0 bridgehead atoms. The standard InChI is InChI=1S/C14H20N2O2/c1-3-18-14(17)10-7-8-13(12(15)9-10)16(2)11-5-4-6-11/h7-9,11H,3-6,15H2,1-2H3. The van der Waals surface area contributed by atoms with Gasteiger partial charge >= 0.3 is 5.97 Å². The quantitative estimate of drug-likeness (QED) is 0.657. The topological polar surface area (TPSA) is 55.6 Å². The van der Waals surface area contributed by atoms with Gasteiger partial charge in [-0.05, 0) is 44.4 Å². The minimum Gasteiger partial charge on any atom is -0.462 e. The highest BCUT2D eigenvalue weighted by atomic mass is 16.5. The van der Waals surface area contributed by atoms with Crippen molar-refractivity contribution in [2.45, 2.75) is 32.2 Å². The van der Waals surface area contributed by atoms with E-state index in [1.165, 1.54) is 19.3 Å². The number of nitrogen functional groups attached to an aromatic ring is 1. The number of nitrogens with two attached hydrogens (primary N) is 1. The Balaban J connectivity index is 2.16. The van der Waals surface area contributed by atoms with Crippen molar-refractivity contribution in [2.75, 3.05) is 24.3 Å². The van der Waals surface area contributed by atoms with Gasteiger partial charge in [-0.3, -0.25) is 0 Å². The van der Waals surface area contributed by atoms with Gasteiger partial charge in [0, 0.05) is 13.1 Å². The number of carbonyl (C=O) groups excluding carboxylic acids is 1. The lowest BCUT2D eigenvalue weighted by molar-refractivity contribution is 0.0526. The Morgan fingerprint density at radius 3 is 2.72 bits per heavy atom. The number of rotatable bonds is 4. The van der Waals surface area contributed by atoms with Crippen molar-refractivity contribution in [1.29, 1.82) is 0 Å². The van der Waals surface area contributed by atoms with Crippen LogP contribution in [0.25, 0.3) is 0 Å². The van der Waals surface area contributed by atoms with Gasteiger partial charge in [0.1, 0.15) is 0 Å². The molecule has 0 spiro atoms. The van der Waals surface area contributed by atoms with Crippen molar-refractivity contribution in [3.63, 3.8) is 0 Å². The largest absolute Gasteiger partial charge is 0.462 e. The fourth-order valence-electron chi connectivity index (χ4n) is 2.19. The number of ether oxygens (including phenoxy) is 1. The molecule has 0 heterocycles. The van der Waals surface area contributed by atoms with E-state index in [0.29, 0.717) is 23.9 Å². The lowest BCUT2D eigenvalue weighted by Gasteiger charge is -2.37. The zero-order chi connectivity index (χ0) is 13.1. The van der Waals surface area contributed by atoms with Crippen molar-refractivity contribution >= 4 is 17.3 Å². The maximum atomic E-state index is 11.6. The minimum atomic E-state index is -0.318. The second-order valence-corrected chi connectivity index (χ2v) is 4.69. The van der Waals surface area contributed by atoms with Gasteiger partial charge in [-0.1, -0.05) is 0 Å². The number of benzene rings is 1. The SMILES string of the molecule is CCOC(=O)c1ccc(N(C)C2CCC2)c(N)c1. The molecule has 1 aromatic carbocycles. The predicted molar refractivity (Wildman–Crippen MR) is 72.9 cm³/mol. The van der Waals surface area contributed by atoms with Crippen LogP contribution in [0.2, 0.25) is 0 Å². The summed E-state index contributed by atoms with van der Waals surface area (Å²) in [5, 5.41) is 0. The van der Waals surface area contributed by atoms with Crippen LogP contribution in [0, 0.1) is 0 Å². The van der Waals surface area contributed by atoms with E-state index >= 15 is 0 Å². The third-order valence-electron chi connectivity index (χ3n) is 3.54. The van der Waals surface area contributed by atoms with Crippen molar-refractivity contribution in [1.82, 2.24) is 0 Å². The molecule has 0 radical (unpaired) electrons. The van der Waals surface area contributed by atoms with Gasteiger partial charge in [0.25, 0.3) is 0 Å². The van der Waals surface area contributed by atoms with Gasteiger partial charge in [0.05, 0.1) is 23.5 Å². The van der Waals surface area contributed by atoms with Gasteiger partial charge in [-0.15, -0.1) is 0 Å². The summed E-state index contributed by atoms with van der Waals surface area (Å²) in [6.45, 7) is 2.17. The summed E-state index contributed by atoms with van der Waals surface area (Å²) in [6, 6.07) is 5.96. The van der Waals surface area contributed by atoms with E-state index in [1.807, 2.05) is 6.07 Å². The van der Waals surface area contributed by atoms with Crippen molar-refractivity contribution < 1.29 is 9.53 Å². The average molecular weight is 248 g/mol. The molecule has 1 aliphatic rings. The van der Waals surface area contributed by atoms with E-state index in [0.717, 1.165) is 5.69 Å². The molecule has 2 N–H and O–H groups in total. The summed E-state index contributed by atoms with van der Waals surface area (Å²) in [6.07, 6.45) is 3.72. The Bertz CT molecular complexity index is 441. The van der Waals surface area contributed by atoms with Gasteiger partial charge in [-0.2, -0.15) is 0 Å². The molecule has 18 heavy (non-hydrogen) atoms. The first kappa shape index (κ1) is 12.7. The lowest BCUT2D eigenvalue weighted by Crippen LogP contribution is -2.37. The number of nitrogens with zero attached hydrogens (tertiary/aromatic N) is 1. The highest BCUT2D eigenvalue weighted by molar-refractivity contribution is 5.92. The maximum Gasteiger partial charge on any atom is 0.338 e. The van der Waals surface area contributed by atoms with Gasteiger partial charge in [0.2, 0.25) is 0 Å². The Morgan fingerprint density at radius 2 is 2.22 bits per heavy atom. The number of anilines is 2. The summed E-state index contributed by atoms with van der Waals surface area (Å²) < 4.78 is 4.95. The van der Waals surface area contributed by atoms with Crippen LogP contribution < -0.4 is 10.6 Å². The third kappa shape index (κ3) is 2.42. The Labute approximate surface area is 108 Å². The molecular weight excluding hydrogens is 228 g/mol. The molecular formula is C14H20N2O2. The van der Waals surface area contributed by atoms with Crippen LogP contribution in [-0.2, 0) is 4.74 Å². The monoisotopic (exact) mass is 248 g/mol. The van der Waals surface area contributed by atoms with E-state index < -0.39 is 0 Å². The Hall–Kier alpha value is -1.71. The number of hydrogen-bond donors (Lipinski definition) is 1. The first-order valence-corrected chi connectivity index (χ1v) is 6.43. The Kier molecular flexibility index (Phi) is 3.75. The highest BCUT2D eigenvalue weighted by Crippen LogP contribution is 2.32. The van der Waals surface area contributed by atoms with Crippen LogP contribution in [0.5, 0.6) is 0 Å². The molecule has 1 fully saturated rings. The number of carbonyl (C=O) groups is 1. The molecule has 1 aromatic rings. The molecule has 1 saturated carbocycles. The fourth-order valence-corrected chi connectivity index (χ4v) is 2.19. The first-order chi connectivity index (χ1) is 8.63. The minimum absolute atomic E-state index is 0.318. The van der Waals surface area contributed by atoms with Crippen LogP contribution in [0.15, 0.2) is 18.2 Å². The summed E-state index contributed by atoms with van der Waals surface area (Å²) in [5.74, 6) is -0.318. The molecule has 2 rings (SSSR count). The number of hydrogen-bond acceptors (Lipinski definition) is 4. The van der Waals surface area contributed by atoms with Crippen LogP contribution >= 0.6 is 0 Å². The molecule has 0 aliphatic heterocycles. The molecule has 0 saturated heterocycles. The van der Waals surface area contributed by atoms with Gasteiger partial charge in [0.15, 0.2) is 0 Å². The molecule has 0 unspecified atom stereocenters. The van der Waals surface area contributed by atoms with Crippen LogP contribution in [-0.4, -0.2) is 25.7 Å². The summed E-state index contributed by atoms with van der Waals surface area (Å²) in [4.78, 5) is 13.8. The van der Waals surface area contributed by atoms with Crippen LogP contribution in [0.3, 0.4) is 0 Å². The third-order valence-corrected chi connectivity index (χ3v) is 3.54. The second-order valence-electron chi connectivity index (χ2n) is 4.69. The van der Waals surface area contributed by atoms with Crippen molar-refractivity contribution in [3.05, 3.63) is 23.8 Å².